The molecule has 3 rings (SSSR count). The van der Waals surface area contributed by atoms with E-state index in [4.69, 9.17) is 0 Å². The number of halogens is 2. The van der Waals surface area contributed by atoms with Crippen LogP contribution in [0, 0.1) is 18.3 Å². The number of amides is 2. The summed E-state index contributed by atoms with van der Waals surface area (Å²) in [7, 11) is 0. The lowest BCUT2D eigenvalue weighted by atomic mass is 9.87. The highest BCUT2D eigenvalue weighted by Gasteiger charge is 2.30. The first-order chi connectivity index (χ1) is 13.9. The Labute approximate surface area is 190 Å². The predicted octanol–water partition coefficient (Wildman–Crippen LogP) is 5.23. The minimum Gasteiger partial charge on any atom is -0.325 e. The number of rotatable bonds is 5. The lowest BCUT2D eigenvalue weighted by molar-refractivity contribution is -0.121. The molecule has 0 spiro atoms. The molecule has 0 aromatic heterocycles. The Kier molecular flexibility index (Phi) is 7.17. The second-order valence-electron chi connectivity index (χ2n) is 6.52. The first-order valence-corrected chi connectivity index (χ1v) is 11.3. The van der Waals surface area contributed by atoms with E-state index in [-0.39, 0.29) is 29.9 Å². The number of thioether (sulfide) groups is 1. The van der Waals surface area contributed by atoms with Gasteiger partial charge >= 0.3 is 0 Å². The maximum Gasteiger partial charge on any atom is 0.234 e. The molecule has 1 atom stereocenters. The molecule has 1 heterocycles. The van der Waals surface area contributed by atoms with Crippen molar-refractivity contribution in [2.75, 3.05) is 11.1 Å². The van der Waals surface area contributed by atoms with Gasteiger partial charge in [0.25, 0.3) is 0 Å². The van der Waals surface area contributed by atoms with Crippen LogP contribution in [0.5, 0.6) is 0 Å². The van der Waals surface area contributed by atoms with Gasteiger partial charge < -0.3 is 10.6 Å². The summed E-state index contributed by atoms with van der Waals surface area (Å²) in [6, 6.07) is 15.4. The molecule has 0 fully saturated rings. The molecule has 2 aromatic rings. The summed E-state index contributed by atoms with van der Waals surface area (Å²) < 4.78 is 1.86. The average Bonchev–Trinajstić information content (AvgIpc) is 2.68. The number of anilines is 1. The van der Waals surface area contributed by atoms with Crippen LogP contribution in [0.25, 0.3) is 0 Å². The van der Waals surface area contributed by atoms with Crippen molar-refractivity contribution in [2.24, 2.45) is 0 Å². The van der Waals surface area contributed by atoms with Crippen molar-refractivity contribution in [3.05, 3.63) is 73.1 Å². The highest BCUT2D eigenvalue weighted by molar-refractivity contribution is 9.10. The van der Waals surface area contributed by atoms with Crippen molar-refractivity contribution in [3.63, 3.8) is 0 Å². The van der Waals surface area contributed by atoms with Crippen LogP contribution < -0.4 is 10.6 Å². The van der Waals surface area contributed by atoms with Gasteiger partial charge in [-0.15, -0.1) is 0 Å². The maximum absolute atomic E-state index is 12.4. The van der Waals surface area contributed by atoms with Crippen molar-refractivity contribution in [1.29, 1.82) is 5.26 Å². The number of carbonyl (C=O) groups excluding carboxylic acids is 2. The normalized spacial score (nSPS) is 16.2. The van der Waals surface area contributed by atoms with E-state index in [1.54, 1.807) is 0 Å². The van der Waals surface area contributed by atoms with Crippen LogP contribution >= 0.6 is 43.6 Å². The molecule has 1 aliphatic heterocycles. The number of carbonyl (C=O) groups is 2. The Bertz CT molecular complexity index is 1050. The second kappa shape index (κ2) is 9.61. The van der Waals surface area contributed by atoms with Gasteiger partial charge in [-0.25, -0.2) is 0 Å². The smallest absolute Gasteiger partial charge is 0.234 e. The summed E-state index contributed by atoms with van der Waals surface area (Å²) in [6.45, 7) is 1.94. The summed E-state index contributed by atoms with van der Waals surface area (Å²) in [4.78, 5) is 24.6. The summed E-state index contributed by atoms with van der Waals surface area (Å²) in [5.41, 5.74) is 3.07. The molecule has 148 valence electrons. The first-order valence-electron chi connectivity index (χ1n) is 8.75. The van der Waals surface area contributed by atoms with Gasteiger partial charge in [-0.1, -0.05) is 55.8 Å². The fraction of sp³-hybridized carbons (Fsp3) is 0.190. The van der Waals surface area contributed by atoms with E-state index in [0.717, 1.165) is 31.8 Å². The zero-order chi connectivity index (χ0) is 21.0. The van der Waals surface area contributed by atoms with E-state index in [1.165, 1.54) is 0 Å². The molecule has 0 bridgehead atoms. The predicted molar refractivity (Wildman–Crippen MR) is 122 cm³/mol. The highest BCUT2D eigenvalue weighted by atomic mass is 79.9. The SMILES string of the molecule is Cc1cc(NC(=O)CSC2=C(C#N)[C@H](c3cccc(Br)c3)CC(=O)N2)ccc1Br. The van der Waals surface area contributed by atoms with Gasteiger partial charge in [0, 0.05) is 27.0 Å². The third-order valence-corrected chi connectivity index (χ3v) is 6.80. The summed E-state index contributed by atoms with van der Waals surface area (Å²) in [6.07, 6.45) is 0.202. The monoisotopic (exact) mass is 533 g/mol. The lowest BCUT2D eigenvalue weighted by Crippen LogP contribution is -2.31. The zero-order valence-corrected chi connectivity index (χ0v) is 19.4. The summed E-state index contributed by atoms with van der Waals surface area (Å²) in [5, 5.41) is 15.7. The third-order valence-electron chi connectivity index (χ3n) is 4.40. The number of hydrogen-bond acceptors (Lipinski definition) is 4. The standard InChI is InChI=1S/C21H17Br2N3O2S/c1-12-7-15(5-6-18(12)23)25-20(28)11-29-21-17(10-24)16(9-19(27)26-21)13-3-2-4-14(22)8-13/h2-8,16H,9,11H2,1H3,(H,25,28)(H,26,27)/t16-/m0/s1. The summed E-state index contributed by atoms with van der Waals surface area (Å²) >= 11 is 8.03. The number of benzene rings is 2. The maximum atomic E-state index is 12.4. The highest BCUT2D eigenvalue weighted by Crippen LogP contribution is 2.36. The van der Waals surface area contributed by atoms with Crippen LogP contribution in [0.4, 0.5) is 5.69 Å². The Balaban J connectivity index is 1.75. The molecule has 29 heavy (non-hydrogen) atoms. The van der Waals surface area contributed by atoms with E-state index in [9.17, 15) is 14.9 Å². The lowest BCUT2D eigenvalue weighted by Gasteiger charge is -2.25. The number of nitrogens with one attached hydrogen (secondary N) is 2. The Morgan fingerprint density at radius 2 is 2.10 bits per heavy atom. The largest absolute Gasteiger partial charge is 0.325 e. The number of hydrogen-bond donors (Lipinski definition) is 2. The fourth-order valence-electron chi connectivity index (χ4n) is 3.00. The second-order valence-corrected chi connectivity index (χ2v) is 9.27. The van der Waals surface area contributed by atoms with Crippen molar-refractivity contribution < 1.29 is 9.59 Å². The van der Waals surface area contributed by atoms with Gasteiger partial charge in [0.2, 0.25) is 11.8 Å². The van der Waals surface area contributed by atoms with Crippen LogP contribution in [0.3, 0.4) is 0 Å². The van der Waals surface area contributed by atoms with E-state index in [0.29, 0.717) is 16.3 Å². The van der Waals surface area contributed by atoms with Crippen LogP contribution in [0.1, 0.15) is 23.5 Å². The first kappa shape index (κ1) is 21.6. The van der Waals surface area contributed by atoms with Gasteiger partial charge in [0.05, 0.1) is 22.4 Å². The van der Waals surface area contributed by atoms with E-state index in [1.807, 2.05) is 49.4 Å². The quantitative estimate of drug-likeness (QED) is 0.550. The molecule has 0 aliphatic carbocycles. The van der Waals surface area contributed by atoms with Crippen LogP contribution in [0.15, 0.2) is 62.0 Å². The minimum absolute atomic E-state index is 0.0844. The molecule has 2 amide bonds. The molecule has 0 saturated heterocycles. The van der Waals surface area contributed by atoms with E-state index in [2.05, 4.69) is 48.6 Å². The van der Waals surface area contributed by atoms with Crippen molar-refractivity contribution in [1.82, 2.24) is 5.32 Å². The Hall–Kier alpha value is -2.08. The Morgan fingerprint density at radius 1 is 1.31 bits per heavy atom. The van der Waals surface area contributed by atoms with Crippen LogP contribution in [-0.2, 0) is 9.59 Å². The van der Waals surface area contributed by atoms with Gasteiger partial charge in [-0.3, -0.25) is 9.59 Å². The topological polar surface area (TPSA) is 82.0 Å². The van der Waals surface area contributed by atoms with Crippen molar-refractivity contribution >= 4 is 61.1 Å². The minimum atomic E-state index is -0.328. The molecular weight excluding hydrogens is 518 g/mol. The molecule has 1 aliphatic rings. The van der Waals surface area contributed by atoms with Crippen LogP contribution in [0.2, 0.25) is 0 Å². The Morgan fingerprint density at radius 3 is 2.79 bits per heavy atom. The zero-order valence-electron chi connectivity index (χ0n) is 15.5. The number of nitriles is 1. The number of allylic oxidation sites excluding steroid dienone is 1. The molecule has 5 nitrogen and oxygen atoms in total. The molecule has 0 saturated carbocycles. The third kappa shape index (κ3) is 5.50. The summed E-state index contributed by atoms with van der Waals surface area (Å²) in [5.74, 6) is -0.618. The van der Waals surface area contributed by atoms with Gasteiger partial charge in [-0.2, -0.15) is 5.26 Å². The van der Waals surface area contributed by atoms with Gasteiger partial charge in [-0.05, 0) is 48.4 Å². The van der Waals surface area contributed by atoms with E-state index < -0.39 is 0 Å². The molecule has 2 N–H and O–H groups in total. The van der Waals surface area contributed by atoms with E-state index >= 15 is 0 Å². The molecule has 2 aromatic carbocycles. The van der Waals surface area contributed by atoms with Crippen LogP contribution in [-0.4, -0.2) is 17.6 Å². The molecular formula is C21H17Br2N3O2S. The van der Waals surface area contributed by atoms with Crippen molar-refractivity contribution in [2.45, 2.75) is 19.3 Å². The molecule has 0 unspecified atom stereocenters. The number of aryl methyl sites for hydroxylation is 1. The van der Waals surface area contributed by atoms with Gasteiger partial charge in [0.15, 0.2) is 0 Å². The molecule has 8 heteroatoms. The van der Waals surface area contributed by atoms with Gasteiger partial charge in [0.1, 0.15) is 0 Å². The van der Waals surface area contributed by atoms with Crippen molar-refractivity contribution in [3.8, 4) is 6.07 Å². The average molecular weight is 535 g/mol. The molecule has 0 radical (unpaired) electrons. The number of nitrogens with zero attached hydrogens (tertiary/aromatic N) is 1. The fourth-order valence-corrected chi connectivity index (χ4v) is 4.54.